The van der Waals surface area contributed by atoms with Gasteiger partial charge in [-0.25, -0.2) is 4.39 Å². The lowest BCUT2D eigenvalue weighted by atomic mass is 10.1. The standard InChI is InChI=1S/C13H19ClFN3/c14-12-3-1-2-10(13(12)15)7-17-8-11-4-9(5-16)6-18-11/h1-3,9,11,17-18H,4-8,16H2. The van der Waals surface area contributed by atoms with E-state index in [9.17, 15) is 4.39 Å². The molecule has 0 spiro atoms. The lowest BCUT2D eigenvalue weighted by Crippen LogP contribution is -2.33. The van der Waals surface area contributed by atoms with Crippen LogP contribution in [0.4, 0.5) is 4.39 Å². The molecule has 1 saturated heterocycles. The second-order valence-corrected chi connectivity index (χ2v) is 5.19. The second kappa shape index (κ2) is 6.48. The van der Waals surface area contributed by atoms with Gasteiger partial charge >= 0.3 is 0 Å². The third kappa shape index (κ3) is 3.42. The van der Waals surface area contributed by atoms with E-state index in [1.807, 2.05) is 0 Å². The number of nitrogens with one attached hydrogen (secondary N) is 2. The molecule has 100 valence electrons. The predicted octanol–water partition coefficient (Wildman–Crippen LogP) is 1.51. The molecule has 0 bridgehead atoms. The van der Waals surface area contributed by atoms with Gasteiger partial charge in [0.2, 0.25) is 0 Å². The molecule has 0 aromatic heterocycles. The molecule has 2 unspecified atom stereocenters. The maximum atomic E-state index is 13.6. The zero-order chi connectivity index (χ0) is 13.0. The van der Waals surface area contributed by atoms with Gasteiger partial charge in [0.25, 0.3) is 0 Å². The number of hydrogen-bond acceptors (Lipinski definition) is 3. The monoisotopic (exact) mass is 271 g/mol. The molecule has 2 rings (SSSR count). The van der Waals surface area contributed by atoms with Crippen LogP contribution in [0.25, 0.3) is 0 Å². The average Bonchev–Trinajstić information content (AvgIpc) is 2.82. The Hall–Kier alpha value is -0.680. The maximum Gasteiger partial charge on any atom is 0.146 e. The highest BCUT2D eigenvalue weighted by atomic mass is 35.5. The summed E-state index contributed by atoms with van der Waals surface area (Å²) in [5.74, 6) is 0.241. The molecule has 1 heterocycles. The molecule has 1 aliphatic heterocycles. The summed E-state index contributed by atoms with van der Waals surface area (Å²) in [5, 5.41) is 6.84. The Morgan fingerprint density at radius 1 is 1.50 bits per heavy atom. The van der Waals surface area contributed by atoms with Crippen LogP contribution in [-0.4, -0.2) is 25.7 Å². The van der Waals surface area contributed by atoms with Crippen LogP contribution < -0.4 is 16.4 Å². The van der Waals surface area contributed by atoms with Crippen LogP contribution in [0.15, 0.2) is 18.2 Å². The van der Waals surface area contributed by atoms with Gasteiger partial charge in [0.1, 0.15) is 5.82 Å². The molecule has 1 aromatic carbocycles. The molecule has 3 nitrogen and oxygen atoms in total. The van der Waals surface area contributed by atoms with Crippen molar-refractivity contribution in [3.63, 3.8) is 0 Å². The van der Waals surface area contributed by atoms with E-state index >= 15 is 0 Å². The van der Waals surface area contributed by atoms with Crippen LogP contribution in [0.3, 0.4) is 0 Å². The van der Waals surface area contributed by atoms with Gasteiger partial charge in [0.15, 0.2) is 0 Å². The minimum Gasteiger partial charge on any atom is -0.330 e. The van der Waals surface area contributed by atoms with Crippen molar-refractivity contribution in [3.05, 3.63) is 34.6 Å². The normalized spacial score (nSPS) is 23.5. The number of nitrogens with two attached hydrogens (primary N) is 1. The van der Waals surface area contributed by atoms with Gasteiger partial charge in [-0.1, -0.05) is 23.7 Å². The van der Waals surface area contributed by atoms with E-state index < -0.39 is 0 Å². The Labute approximate surface area is 112 Å². The Morgan fingerprint density at radius 3 is 3.06 bits per heavy atom. The first-order chi connectivity index (χ1) is 8.70. The molecule has 1 aromatic rings. The molecule has 0 radical (unpaired) electrons. The Kier molecular flexibility index (Phi) is 4.95. The van der Waals surface area contributed by atoms with Crippen LogP contribution in [0.5, 0.6) is 0 Å². The summed E-state index contributed by atoms with van der Waals surface area (Å²) in [5.41, 5.74) is 6.23. The second-order valence-electron chi connectivity index (χ2n) is 4.79. The van der Waals surface area contributed by atoms with E-state index in [0.29, 0.717) is 24.1 Å². The summed E-state index contributed by atoms with van der Waals surface area (Å²) >= 11 is 5.73. The van der Waals surface area contributed by atoms with Crippen molar-refractivity contribution in [2.45, 2.75) is 19.0 Å². The first-order valence-corrected chi connectivity index (χ1v) is 6.65. The van der Waals surface area contributed by atoms with Crippen LogP contribution in [0, 0.1) is 11.7 Å². The molecule has 0 saturated carbocycles. The van der Waals surface area contributed by atoms with Gasteiger partial charge in [0, 0.05) is 24.7 Å². The third-order valence-electron chi connectivity index (χ3n) is 3.38. The predicted molar refractivity (Wildman–Crippen MR) is 72.1 cm³/mol. The SMILES string of the molecule is NCC1CNC(CNCc2cccc(Cl)c2F)C1. The van der Waals surface area contributed by atoms with Crippen molar-refractivity contribution in [1.29, 1.82) is 0 Å². The first kappa shape index (κ1) is 13.7. The van der Waals surface area contributed by atoms with Crippen LogP contribution in [0.2, 0.25) is 5.02 Å². The van der Waals surface area contributed by atoms with Crippen molar-refractivity contribution in [2.75, 3.05) is 19.6 Å². The lowest BCUT2D eigenvalue weighted by molar-refractivity contribution is 0.509. The number of hydrogen-bond donors (Lipinski definition) is 3. The van der Waals surface area contributed by atoms with Gasteiger partial charge in [-0.2, -0.15) is 0 Å². The van der Waals surface area contributed by atoms with Crippen molar-refractivity contribution >= 4 is 11.6 Å². The van der Waals surface area contributed by atoms with E-state index in [0.717, 1.165) is 26.1 Å². The number of rotatable bonds is 5. The molecule has 0 aliphatic carbocycles. The lowest BCUT2D eigenvalue weighted by Gasteiger charge is -2.12. The zero-order valence-electron chi connectivity index (χ0n) is 10.3. The minimum atomic E-state index is -0.328. The quantitative estimate of drug-likeness (QED) is 0.761. The average molecular weight is 272 g/mol. The minimum absolute atomic E-state index is 0.177. The Bertz CT molecular complexity index is 400. The summed E-state index contributed by atoms with van der Waals surface area (Å²) in [7, 11) is 0. The number of benzene rings is 1. The summed E-state index contributed by atoms with van der Waals surface area (Å²) in [6.45, 7) is 3.03. The Morgan fingerprint density at radius 2 is 2.33 bits per heavy atom. The highest BCUT2D eigenvalue weighted by molar-refractivity contribution is 6.30. The molecule has 2 atom stereocenters. The molecule has 1 fully saturated rings. The van der Waals surface area contributed by atoms with Crippen molar-refractivity contribution in [3.8, 4) is 0 Å². The summed E-state index contributed by atoms with van der Waals surface area (Å²) in [6.07, 6.45) is 1.08. The van der Waals surface area contributed by atoms with Gasteiger partial charge in [-0.3, -0.25) is 0 Å². The van der Waals surface area contributed by atoms with Gasteiger partial charge < -0.3 is 16.4 Å². The Balaban J connectivity index is 1.77. The van der Waals surface area contributed by atoms with Crippen LogP contribution in [-0.2, 0) is 6.54 Å². The van der Waals surface area contributed by atoms with E-state index in [-0.39, 0.29) is 10.8 Å². The van der Waals surface area contributed by atoms with Crippen LogP contribution in [0.1, 0.15) is 12.0 Å². The van der Waals surface area contributed by atoms with E-state index in [4.69, 9.17) is 17.3 Å². The molecular weight excluding hydrogens is 253 g/mol. The fourth-order valence-corrected chi connectivity index (χ4v) is 2.50. The maximum absolute atomic E-state index is 13.6. The molecule has 0 amide bonds. The van der Waals surface area contributed by atoms with Gasteiger partial charge in [-0.15, -0.1) is 0 Å². The van der Waals surface area contributed by atoms with Gasteiger partial charge in [-0.05, 0) is 31.5 Å². The fraction of sp³-hybridized carbons (Fsp3) is 0.538. The van der Waals surface area contributed by atoms with Gasteiger partial charge in [0.05, 0.1) is 5.02 Å². The number of halogens is 2. The zero-order valence-corrected chi connectivity index (χ0v) is 11.0. The van der Waals surface area contributed by atoms with E-state index in [1.54, 1.807) is 18.2 Å². The van der Waals surface area contributed by atoms with Crippen molar-refractivity contribution in [2.24, 2.45) is 11.7 Å². The van der Waals surface area contributed by atoms with E-state index in [1.165, 1.54) is 0 Å². The summed E-state index contributed by atoms with van der Waals surface area (Å²) in [4.78, 5) is 0. The summed E-state index contributed by atoms with van der Waals surface area (Å²) < 4.78 is 13.6. The molecular formula is C13H19ClFN3. The summed E-state index contributed by atoms with van der Waals surface area (Å²) in [6, 6.07) is 5.51. The molecule has 18 heavy (non-hydrogen) atoms. The molecule has 4 N–H and O–H groups in total. The van der Waals surface area contributed by atoms with E-state index in [2.05, 4.69) is 10.6 Å². The largest absolute Gasteiger partial charge is 0.330 e. The molecule has 1 aliphatic rings. The highest BCUT2D eigenvalue weighted by Gasteiger charge is 2.22. The first-order valence-electron chi connectivity index (χ1n) is 6.27. The highest BCUT2D eigenvalue weighted by Crippen LogP contribution is 2.17. The smallest absolute Gasteiger partial charge is 0.146 e. The molecule has 5 heteroatoms. The van der Waals surface area contributed by atoms with Crippen LogP contribution >= 0.6 is 11.6 Å². The third-order valence-corrected chi connectivity index (χ3v) is 3.68. The fourth-order valence-electron chi connectivity index (χ4n) is 2.30. The van der Waals surface area contributed by atoms with Crippen molar-refractivity contribution in [1.82, 2.24) is 10.6 Å². The topological polar surface area (TPSA) is 50.1 Å². The van der Waals surface area contributed by atoms with Crippen molar-refractivity contribution < 1.29 is 4.39 Å².